The Morgan fingerprint density at radius 3 is 2.92 bits per heavy atom. The third-order valence-electron chi connectivity index (χ3n) is 2.73. The monoisotopic (exact) mass is 418 g/mol. The lowest BCUT2D eigenvalue weighted by Gasteiger charge is -2.19. The summed E-state index contributed by atoms with van der Waals surface area (Å²) in [5.74, 6) is 0.406. The molecule has 0 fully saturated rings. The molecule has 0 aliphatic carbocycles. The summed E-state index contributed by atoms with van der Waals surface area (Å²) >= 11 is 7.90. The van der Waals surface area contributed by atoms with Gasteiger partial charge in [-0.15, -0.1) is 11.8 Å². The van der Waals surface area contributed by atoms with Gasteiger partial charge in [-0.25, -0.2) is 4.98 Å². The van der Waals surface area contributed by atoms with Crippen LogP contribution in [0.3, 0.4) is 0 Å². The van der Waals surface area contributed by atoms with Crippen LogP contribution in [0.2, 0.25) is 0 Å². The van der Waals surface area contributed by atoms with E-state index in [-0.39, 0.29) is 12.4 Å². The van der Waals surface area contributed by atoms with Crippen LogP contribution in [0.1, 0.15) is 19.8 Å². The van der Waals surface area contributed by atoms with E-state index in [4.69, 9.17) is 17.0 Å². The zero-order chi connectivity index (χ0) is 17.8. The van der Waals surface area contributed by atoms with Crippen molar-refractivity contribution in [1.82, 2.24) is 4.98 Å². The maximum atomic E-state index is 11.8. The van der Waals surface area contributed by atoms with Crippen molar-refractivity contribution in [2.45, 2.75) is 29.5 Å². The van der Waals surface area contributed by atoms with Gasteiger partial charge in [0.05, 0.1) is 6.07 Å². The number of rotatable bonds is 9. The molecule has 0 saturated heterocycles. The van der Waals surface area contributed by atoms with E-state index in [1.54, 1.807) is 34.7 Å². The van der Waals surface area contributed by atoms with Crippen molar-refractivity contribution in [2.24, 2.45) is 0 Å². The first-order valence-electron chi connectivity index (χ1n) is 7.03. The fourth-order valence-electron chi connectivity index (χ4n) is 1.46. The molecule has 0 aliphatic rings. The van der Waals surface area contributed by atoms with Crippen molar-refractivity contribution in [1.29, 1.82) is 5.26 Å². The van der Waals surface area contributed by atoms with Crippen LogP contribution in [-0.4, -0.2) is 37.8 Å². The molecule has 0 aliphatic heterocycles. The van der Waals surface area contributed by atoms with Gasteiger partial charge in [-0.2, -0.15) is 5.26 Å². The molecule has 9 heteroatoms. The molecular weight excluding hydrogens is 401 g/mol. The van der Waals surface area contributed by atoms with Crippen molar-refractivity contribution in [2.75, 3.05) is 18.6 Å². The standard InChI is InChI=1S/C15H18N2O2S5/c1-15(11-16,23-14(20)21-2)7-6-13(18)19-9-10-22-24-12-5-3-4-8-17-12/h3-5,8H,6-7,9-10H2,1-2H3. The minimum Gasteiger partial charge on any atom is -0.465 e. The number of ether oxygens (including phenoxy) is 1. The first kappa shape index (κ1) is 21.6. The van der Waals surface area contributed by atoms with E-state index >= 15 is 0 Å². The molecule has 0 N–H and O–H groups in total. The Kier molecular flexibility index (Phi) is 10.9. The maximum Gasteiger partial charge on any atom is 0.305 e. The number of nitrogens with zero attached hydrogens (tertiary/aromatic N) is 2. The highest BCUT2D eigenvalue weighted by Gasteiger charge is 2.27. The van der Waals surface area contributed by atoms with Crippen molar-refractivity contribution in [3.05, 3.63) is 24.4 Å². The molecule has 1 unspecified atom stereocenters. The summed E-state index contributed by atoms with van der Waals surface area (Å²) in [6, 6.07) is 7.97. The number of carbonyl (C=O) groups is 1. The Bertz CT molecular complexity index is 579. The zero-order valence-corrected chi connectivity index (χ0v) is 17.5. The number of thioether (sulfide) groups is 2. The predicted molar refractivity (Wildman–Crippen MR) is 110 cm³/mol. The largest absolute Gasteiger partial charge is 0.465 e. The number of hydrogen-bond acceptors (Lipinski definition) is 9. The van der Waals surface area contributed by atoms with E-state index in [9.17, 15) is 10.1 Å². The van der Waals surface area contributed by atoms with Crippen molar-refractivity contribution in [3.8, 4) is 6.07 Å². The highest BCUT2D eigenvalue weighted by Crippen LogP contribution is 2.34. The van der Waals surface area contributed by atoms with Gasteiger partial charge in [-0.1, -0.05) is 40.8 Å². The molecule has 24 heavy (non-hydrogen) atoms. The van der Waals surface area contributed by atoms with Crippen LogP contribution in [0.4, 0.5) is 0 Å². The summed E-state index contributed by atoms with van der Waals surface area (Å²) in [7, 11) is 3.14. The normalized spacial score (nSPS) is 12.9. The summed E-state index contributed by atoms with van der Waals surface area (Å²) < 4.78 is 5.21. The van der Waals surface area contributed by atoms with Crippen LogP contribution in [0, 0.1) is 11.3 Å². The van der Waals surface area contributed by atoms with E-state index in [1.807, 2.05) is 24.5 Å². The number of pyridine rings is 1. The molecule has 0 aromatic carbocycles. The summed E-state index contributed by atoms with van der Waals surface area (Å²) in [4.78, 5) is 16.0. The first-order valence-corrected chi connectivity index (χ1v) is 11.8. The average Bonchev–Trinajstić information content (AvgIpc) is 2.60. The molecule has 4 nitrogen and oxygen atoms in total. The zero-order valence-electron chi connectivity index (χ0n) is 13.4. The highest BCUT2D eigenvalue weighted by atomic mass is 33.1. The molecule has 1 aromatic heterocycles. The lowest BCUT2D eigenvalue weighted by molar-refractivity contribution is -0.143. The van der Waals surface area contributed by atoms with Crippen LogP contribution in [-0.2, 0) is 9.53 Å². The second-order valence-corrected chi connectivity index (χ2v) is 10.6. The summed E-state index contributed by atoms with van der Waals surface area (Å²) in [6.07, 6.45) is 4.26. The molecule has 1 heterocycles. The van der Waals surface area contributed by atoms with Gasteiger partial charge in [-0.05, 0) is 42.5 Å². The first-order chi connectivity index (χ1) is 11.5. The smallest absolute Gasteiger partial charge is 0.305 e. The van der Waals surface area contributed by atoms with Crippen LogP contribution in [0.5, 0.6) is 0 Å². The molecule has 0 saturated carbocycles. The van der Waals surface area contributed by atoms with Gasteiger partial charge in [0, 0.05) is 18.4 Å². The lowest BCUT2D eigenvalue weighted by atomic mass is 10.1. The topological polar surface area (TPSA) is 63.0 Å². The number of thiocarbonyl (C=S) groups is 1. The highest BCUT2D eigenvalue weighted by molar-refractivity contribution is 8.76. The molecule has 0 amide bonds. The fourth-order valence-corrected chi connectivity index (χ4v) is 5.22. The quantitative estimate of drug-likeness (QED) is 0.243. The van der Waals surface area contributed by atoms with Gasteiger partial charge < -0.3 is 4.74 Å². The van der Waals surface area contributed by atoms with Crippen molar-refractivity contribution < 1.29 is 9.53 Å². The van der Waals surface area contributed by atoms with E-state index in [0.29, 0.717) is 22.3 Å². The third kappa shape index (κ3) is 9.18. The summed E-state index contributed by atoms with van der Waals surface area (Å²) in [6.45, 7) is 2.15. The molecule has 1 aromatic rings. The molecular formula is C15H18N2O2S5. The van der Waals surface area contributed by atoms with Crippen LogP contribution in [0.25, 0.3) is 0 Å². The van der Waals surface area contributed by atoms with Gasteiger partial charge >= 0.3 is 5.97 Å². The number of carbonyl (C=O) groups excluding carboxylic acids is 1. The minimum atomic E-state index is -0.692. The lowest BCUT2D eigenvalue weighted by Crippen LogP contribution is -2.21. The van der Waals surface area contributed by atoms with E-state index < -0.39 is 4.75 Å². The van der Waals surface area contributed by atoms with Gasteiger partial charge in [0.25, 0.3) is 0 Å². The Hall–Kier alpha value is -0.400. The Morgan fingerprint density at radius 2 is 2.29 bits per heavy atom. The second kappa shape index (κ2) is 12.0. The van der Waals surface area contributed by atoms with Crippen molar-refractivity contribution >= 4 is 66.8 Å². The maximum absolute atomic E-state index is 11.8. The summed E-state index contributed by atoms with van der Waals surface area (Å²) in [5.41, 5.74) is 0. The predicted octanol–water partition coefficient (Wildman–Crippen LogP) is 4.81. The second-order valence-electron chi connectivity index (χ2n) is 4.69. The molecule has 0 spiro atoms. The van der Waals surface area contributed by atoms with E-state index in [2.05, 4.69) is 11.1 Å². The molecule has 0 radical (unpaired) electrons. The van der Waals surface area contributed by atoms with Gasteiger partial charge in [-0.3, -0.25) is 4.79 Å². The summed E-state index contributed by atoms with van der Waals surface area (Å²) in [5, 5.41) is 10.2. The van der Waals surface area contributed by atoms with Crippen LogP contribution in [0.15, 0.2) is 29.4 Å². The number of nitriles is 1. The van der Waals surface area contributed by atoms with Gasteiger partial charge in [0.1, 0.15) is 19.9 Å². The fraction of sp³-hybridized carbons (Fsp3) is 0.467. The van der Waals surface area contributed by atoms with Crippen LogP contribution < -0.4 is 0 Å². The molecule has 1 atom stereocenters. The van der Waals surface area contributed by atoms with Gasteiger partial charge in [0.15, 0.2) is 0 Å². The number of hydrogen-bond donors (Lipinski definition) is 0. The number of aromatic nitrogens is 1. The van der Waals surface area contributed by atoms with Crippen LogP contribution >= 0.6 is 57.3 Å². The molecule has 0 bridgehead atoms. The molecule has 130 valence electrons. The minimum absolute atomic E-state index is 0.214. The Labute approximate surface area is 164 Å². The van der Waals surface area contributed by atoms with Crippen molar-refractivity contribution in [3.63, 3.8) is 0 Å². The average molecular weight is 419 g/mol. The third-order valence-corrected chi connectivity index (χ3v) is 7.70. The number of esters is 1. The molecule has 1 rings (SSSR count). The van der Waals surface area contributed by atoms with E-state index in [0.717, 1.165) is 5.03 Å². The Morgan fingerprint density at radius 1 is 1.50 bits per heavy atom. The van der Waals surface area contributed by atoms with E-state index in [1.165, 1.54) is 23.5 Å². The van der Waals surface area contributed by atoms with Gasteiger partial charge in [0.2, 0.25) is 0 Å². The SMILES string of the molecule is CSC(=S)SC(C)(C#N)CCC(=O)OCCSSc1ccccn1. The Balaban J connectivity index is 2.19.